The van der Waals surface area contributed by atoms with Crippen molar-refractivity contribution in [1.29, 1.82) is 0 Å². The number of nitrogens with zero attached hydrogens (tertiary/aromatic N) is 1. The van der Waals surface area contributed by atoms with E-state index in [9.17, 15) is 4.79 Å². The summed E-state index contributed by atoms with van der Waals surface area (Å²) < 4.78 is 5.33. The number of rotatable bonds is 3. The number of benzene rings is 1. The van der Waals surface area contributed by atoms with E-state index in [1.54, 1.807) is 6.07 Å². The van der Waals surface area contributed by atoms with E-state index in [1.165, 1.54) is 16.9 Å². The first kappa shape index (κ1) is 13.8. The Morgan fingerprint density at radius 1 is 1.26 bits per heavy atom. The number of thiazole rings is 1. The van der Waals surface area contributed by atoms with Gasteiger partial charge in [-0.05, 0) is 19.1 Å². The number of fused-ring (bicyclic) bond motifs is 1. The van der Waals surface area contributed by atoms with Crippen LogP contribution in [0.3, 0.4) is 0 Å². The van der Waals surface area contributed by atoms with Crippen molar-refractivity contribution in [2.45, 2.75) is 13.2 Å². The molecule has 1 N–H and O–H groups in total. The molecule has 4 nitrogen and oxygen atoms in total. The summed E-state index contributed by atoms with van der Waals surface area (Å²) in [5.41, 5.74) is 4.37. The van der Waals surface area contributed by atoms with Gasteiger partial charge in [0.05, 0.1) is 5.69 Å². The molecule has 1 aliphatic heterocycles. The van der Waals surface area contributed by atoms with E-state index >= 15 is 0 Å². The fraction of sp³-hybridized carbons (Fsp3) is 0.111. The second-order valence-electron chi connectivity index (χ2n) is 5.27. The van der Waals surface area contributed by atoms with E-state index in [2.05, 4.69) is 41.5 Å². The second-order valence-corrected chi connectivity index (χ2v) is 6.12. The van der Waals surface area contributed by atoms with Crippen LogP contribution in [-0.2, 0) is 4.74 Å². The van der Waals surface area contributed by atoms with Crippen molar-refractivity contribution >= 4 is 22.4 Å². The number of nitrogens with one attached hydrogen (secondary N) is 1. The maximum Gasteiger partial charge on any atom is 0.349 e. The summed E-state index contributed by atoms with van der Waals surface area (Å²) in [5, 5.41) is 5.85. The van der Waals surface area contributed by atoms with Crippen molar-refractivity contribution in [3.8, 4) is 11.3 Å². The van der Waals surface area contributed by atoms with Crippen LogP contribution < -0.4 is 5.32 Å². The van der Waals surface area contributed by atoms with E-state index in [0.29, 0.717) is 10.7 Å². The number of carbonyl (C=O) groups is 1. The van der Waals surface area contributed by atoms with Crippen LogP contribution in [0, 0.1) is 19.1 Å². The Hall–Kier alpha value is -2.84. The van der Waals surface area contributed by atoms with Gasteiger partial charge in [-0.15, -0.1) is 11.3 Å². The predicted octanol–water partition coefficient (Wildman–Crippen LogP) is 4.00. The Balaban J connectivity index is 1.57. The number of hydrogen-bond acceptors (Lipinski definition) is 5. The van der Waals surface area contributed by atoms with Crippen molar-refractivity contribution in [2.75, 3.05) is 5.32 Å². The summed E-state index contributed by atoms with van der Waals surface area (Å²) in [6.45, 7) is 2.05. The minimum absolute atomic E-state index is 0.385. The van der Waals surface area contributed by atoms with Gasteiger partial charge in [0.25, 0.3) is 0 Å². The number of hydrogen-bond donors (Lipinski definition) is 1. The molecule has 0 saturated heterocycles. The summed E-state index contributed by atoms with van der Waals surface area (Å²) in [4.78, 5) is 16.4. The third kappa shape index (κ3) is 2.54. The van der Waals surface area contributed by atoms with Crippen LogP contribution in [0.1, 0.15) is 27.7 Å². The first-order valence-corrected chi connectivity index (χ1v) is 8.01. The van der Waals surface area contributed by atoms with Gasteiger partial charge in [-0.1, -0.05) is 42.0 Å². The van der Waals surface area contributed by atoms with Crippen LogP contribution in [0.15, 0.2) is 41.8 Å². The highest BCUT2D eigenvalue weighted by atomic mass is 32.1. The molecule has 0 aliphatic carbocycles. The summed E-state index contributed by atoms with van der Waals surface area (Å²) in [7, 11) is 0. The first-order valence-electron chi connectivity index (χ1n) is 7.13. The molecule has 1 unspecified atom stereocenters. The zero-order valence-corrected chi connectivity index (χ0v) is 13.1. The largest absolute Gasteiger partial charge is 0.433 e. The minimum Gasteiger partial charge on any atom is -0.433 e. The Kier molecular flexibility index (Phi) is 3.25. The third-order valence-electron chi connectivity index (χ3n) is 3.65. The smallest absolute Gasteiger partial charge is 0.349 e. The highest BCUT2D eigenvalue weighted by Gasteiger charge is 2.31. The Bertz CT molecular complexity index is 871. The average molecular weight is 320 g/mol. The molecular weight excluding hydrogens is 308 g/mol. The van der Waals surface area contributed by atoms with Gasteiger partial charge in [-0.3, -0.25) is 0 Å². The van der Waals surface area contributed by atoms with Crippen molar-refractivity contribution in [3.63, 3.8) is 0 Å². The average Bonchev–Trinajstić information content (AvgIpc) is 3.15. The first-order chi connectivity index (χ1) is 11.2. The van der Waals surface area contributed by atoms with Crippen LogP contribution in [0.25, 0.3) is 11.3 Å². The molecule has 0 bridgehead atoms. The summed E-state index contributed by atoms with van der Waals surface area (Å²) in [6, 6.07) is 17.3. The lowest BCUT2D eigenvalue weighted by Gasteiger charge is -2.11. The van der Waals surface area contributed by atoms with Crippen molar-refractivity contribution in [1.82, 2.24) is 4.98 Å². The molecule has 0 radical (unpaired) electrons. The second kappa shape index (κ2) is 5.41. The summed E-state index contributed by atoms with van der Waals surface area (Å²) in [6.07, 6.45) is -0.527. The van der Waals surface area contributed by atoms with Crippen LogP contribution in [-0.4, -0.2) is 11.0 Å². The van der Waals surface area contributed by atoms with Crippen molar-refractivity contribution in [3.05, 3.63) is 70.6 Å². The van der Waals surface area contributed by atoms with E-state index < -0.39 is 6.23 Å². The highest BCUT2D eigenvalue weighted by molar-refractivity contribution is 7.14. The quantitative estimate of drug-likeness (QED) is 0.741. The number of aryl methyl sites for hydroxylation is 1. The van der Waals surface area contributed by atoms with Gasteiger partial charge in [0.2, 0.25) is 6.23 Å². The lowest BCUT2D eigenvalue weighted by Crippen LogP contribution is -2.09. The van der Waals surface area contributed by atoms with E-state index in [1.807, 2.05) is 23.6 Å². The molecule has 23 heavy (non-hydrogen) atoms. The normalized spacial score (nSPS) is 15.7. The lowest BCUT2D eigenvalue weighted by molar-refractivity contribution is 0.0437. The van der Waals surface area contributed by atoms with Crippen LogP contribution in [0.2, 0.25) is 0 Å². The molecule has 1 aromatic heterocycles. The van der Waals surface area contributed by atoms with Crippen LogP contribution in [0.5, 0.6) is 0 Å². The number of anilines is 1. The summed E-state index contributed by atoms with van der Waals surface area (Å²) in [5.74, 6) is -0.385. The fourth-order valence-electron chi connectivity index (χ4n) is 2.43. The molecule has 0 amide bonds. The van der Waals surface area contributed by atoms with E-state index in [4.69, 9.17) is 4.74 Å². The van der Waals surface area contributed by atoms with E-state index in [-0.39, 0.29) is 5.97 Å². The zero-order chi connectivity index (χ0) is 15.8. The number of aromatic nitrogens is 1. The van der Waals surface area contributed by atoms with E-state index in [0.717, 1.165) is 16.8 Å². The van der Waals surface area contributed by atoms with Crippen molar-refractivity contribution in [2.24, 2.45) is 0 Å². The van der Waals surface area contributed by atoms with Gasteiger partial charge < -0.3 is 10.1 Å². The minimum atomic E-state index is -0.527. The highest BCUT2D eigenvalue weighted by Crippen LogP contribution is 2.32. The monoisotopic (exact) mass is 320 g/mol. The van der Waals surface area contributed by atoms with Crippen LogP contribution in [0.4, 0.5) is 5.13 Å². The molecule has 0 saturated carbocycles. The molecular formula is C18H12N2O2S. The Morgan fingerprint density at radius 2 is 2.09 bits per heavy atom. The molecule has 2 heterocycles. The topological polar surface area (TPSA) is 51.2 Å². The Morgan fingerprint density at radius 3 is 2.91 bits per heavy atom. The molecule has 2 aromatic carbocycles. The zero-order valence-electron chi connectivity index (χ0n) is 12.3. The fourth-order valence-corrected chi connectivity index (χ4v) is 3.17. The van der Waals surface area contributed by atoms with Crippen molar-refractivity contribution < 1.29 is 9.53 Å². The molecule has 0 fully saturated rings. The van der Waals surface area contributed by atoms with Gasteiger partial charge in [-0.2, -0.15) is 0 Å². The Labute approximate surface area is 137 Å². The maximum absolute atomic E-state index is 11.8. The number of esters is 1. The predicted molar refractivity (Wildman–Crippen MR) is 88.2 cm³/mol. The number of ether oxygens (including phenoxy) is 1. The number of cyclic esters (lactones) is 1. The molecule has 1 aliphatic rings. The standard InChI is InChI=1S/C18H12N2O2S/c1-11-6-8-12(9-7-11)15-10-23-18(19-15)20-16-13-4-2-3-5-14(13)17(21)22-16/h2,4,6-10,16H,1H3,(H,19,20). The number of carbonyl (C=O) groups excluding carboxylic acids is 1. The van der Waals surface area contributed by atoms with Gasteiger partial charge in [0.15, 0.2) is 5.13 Å². The SMILES string of the molecule is Cc1ccc(-c2csc(NC3OC(=O)c4c#cccc43)n2)cc1. The van der Waals surface area contributed by atoms with Crippen LogP contribution >= 0.6 is 11.3 Å². The molecule has 0 spiro atoms. The third-order valence-corrected chi connectivity index (χ3v) is 4.42. The van der Waals surface area contributed by atoms with Gasteiger partial charge >= 0.3 is 5.97 Å². The molecule has 5 heteroatoms. The van der Waals surface area contributed by atoms with Gasteiger partial charge in [-0.25, -0.2) is 9.78 Å². The molecule has 4 rings (SSSR count). The summed E-state index contributed by atoms with van der Waals surface area (Å²) >= 11 is 1.48. The molecule has 112 valence electrons. The van der Waals surface area contributed by atoms with Gasteiger partial charge in [0, 0.05) is 16.5 Å². The maximum atomic E-state index is 11.8. The van der Waals surface area contributed by atoms with Gasteiger partial charge in [0.1, 0.15) is 5.56 Å². The lowest BCUT2D eigenvalue weighted by atomic mass is 10.1. The molecule has 1 atom stereocenters. The molecule has 3 aromatic rings.